The summed E-state index contributed by atoms with van der Waals surface area (Å²) in [7, 11) is 0. The zero-order valence-electron chi connectivity index (χ0n) is 14.9. The van der Waals surface area contributed by atoms with Crippen LogP contribution in [0.5, 0.6) is 0 Å². The van der Waals surface area contributed by atoms with Crippen LogP contribution in [0.2, 0.25) is 0 Å². The Morgan fingerprint density at radius 3 is 2.71 bits per heavy atom. The Bertz CT molecular complexity index is 1150. The summed E-state index contributed by atoms with van der Waals surface area (Å²) >= 11 is 0. The van der Waals surface area contributed by atoms with Gasteiger partial charge in [-0.15, -0.1) is 0 Å². The first kappa shape index (κ1) is 17.4. The first-order valence-electron chi connectivity index (χ1n) is 8.55. The lowest BCUT2D eigenvalue weighted by atomic mass is 10.1. The second-order valence-corrected chi connectivity index (χ2v) is 6.31. The van der Waals surface area contributed by atoms with Crippen LogP contribution in [0.15, 0.2) is 61.2 Å². The van der Waals surface area contributed by atoms with Crippen molar-refractivity contribution in [2.75, 3.05) is 0 Å². The Balaban J connectivity index is 1.52. The molecule has 9 nitrogen and oxygen atoms in total. The molecule has 4 aromatic rings. The number of nitro groups is 1. The highest BCUT2D eigenvalue weighted by atomic mass is 16.6. The molecular formula is C19H16N6O3. The molecule has 2 heterocycles. The Hall–Kier alpha value is -4.01. The molecule has 28 heavy (non-hydrogen) atoms. The summed E-state index contributed by atoms with van der Waals surface area (Å²) in [5, 5.41) is 18.7. The van der Waals surface area contributed by atoms with E-state index in [1.807, 2.05) is 31.2 Å². The molecule has 0 aliphatic rings. The van der Waals surface area contributed by atoms with Gasteiger partial charge in [-0.1, -0.05) is 24.3 Å². The summed E-state index contributed by atoms with van der Waals surface area (Å²) in [6.45, 7) is 1.87. The molecule has 0 aliphatic heterocycles. The van der Waals surface area contributed by atoms with Crippen LogP contribution in [0.1, 0.15) is 29.0 Å². The Morgan fingerprint density at radius 1 is 1.25 bits per heavy atom. The number of para-hydroxylation sites is 1. The molecule has 1 atom stereocenters. The molecule has 0 radical (unpaired) electrons. The molecule has 2 aromatic heterocycles. The van der Waals surface area contributed by atoms with E-state index in [2.05, 4.69) is 20.4 Å². The predicted molar refractivity (Wildman–Crippen MR) is 102 cm³/mol. The number of H-pyrrole nitrogens is 1. The van der Waals surface area contributed by atoms with Gasteiger partial charge in [0.15, 0.2) is 0 Å². The van der Waals surface area contributed by atoms with E-state index < -0.39 is 4.92 Å². The first-order chi connectivity index (χ1) is 13.5. The van der Waals surface area contributed by atoms with Gasteiger partial charge in [-0.05, 0) is 30.7 Å². The van der Waals surface area contributed by atoms with Crippen LogP contribution >= 0.6 is 0 Å². The summed E-state index contributed by atoms with van der Waals surface area (Å²) < 4.78 is 1.64. The Kier molecular flexibility index (Phi) is 4.32. The van der Waals surface area contributed by atoms with Gasteiger partial charge in [0.25, 0.3) is 11.6 Å². The predicted octanol–water partition coefficient (Wildman–Crippen LogP) is 3.15. The van der Waals surface area contributed by atoms with Crippen molar-refractivity contribution in [2.45, 2.75) is 13.0 Å². The molecule has 0 saturated heterocycles. The van der Waals surface area contributed by atoms with Crippen molar-refractivity contribution >= 4 is 22.5 Å². The number of non-ortho nitro benzene ring substituents is 1. The Labute approximate surface area is 159 Å². The number of carbonyl (C=O) groups is 1. The monoisotopic (exact) mass is 376 g/mol. The van der Waals surface area contributed by atoms with Crippen molar-refractivity contribution in [3.8, 4) is 5.69 Å². The van der Waals surface area contributed by atoms with E-state index >= 15 is 0 Å². The molecule has 140 valence electrons. The number of aromatic nitrogens is 4. The van der Waals surface area contributed by atoms with Crippen LogP contribution < -0.4 is 5.32 Å². The van der Waals surface area contributed by atoms with Gasteiger partial charge in [-0.25, -0.2) is 9.67 Å². The van der Waals surface area contributed by atoms with E-state index in [4.69, 9.17) is 0 Å². The summed E-state index contributed by atoms with van der Waals surface area (Å²) in [5.74, 6) is -0.335. The quantitative estimate of drug-likeness (QED) is 0.410. The number of rotatable bonds is 5. The molecule has 1 unspecified atom stereocenters. The number of carbonyl (C=O) groups excluding carboxylic acids is 1. The zero-order chi connectivity index (χ0) is 19.7. The van der Waals surface area contributed by atoms with Crippen molar-refractivity contribution in [1.82, 2.24) is 25.1 Å². The van der Waals surface area contributed by atoms with Crippen LogP contribution in [0.3, 0.4) is 0 Å². The average molecular weight is 376 g/mol. The lowest BCUT2D eigenvalue weighted by Crippen LogP contribution is -2.26. The highest BCUT2D eigenvalue weighted by Crippen LogP contribution is 2.25. The first-order valence-corrected chi connectivity index (χ1v) is 8.55. The van der Waals surface area contributed by atoms with Crippen molar-refractivity contribution in [2.24, 2.45) is 0 Å². The highest BCUT2D eigenvalue weighted by Gasteiger charge is 2.18. The number of nitrogens with one attached hydrogen (secondary N) is 2. The molecule has 2 aromatic carbocycles. The van der Waals surface area contributed by atoms with Crippen LogP contribution in [0.25, 0.3) is 16.6 Å². The molecule has 0 fully saturated rings. The van der Waals surface area contributed by atoms with Crippen LogP contribution in [0, 0.1) is 10.1 Å². The van der Waals surface area contributed by atoms with E-state index in [1.54, 1.807) is 29.2 Å². The minimum absolute atomic E-state index is 0.0618. The molecule has 9 heteroatoms. The summed E-state index contributed by atoms with van der Waals surface area (Å²) in [6.07, 6.45) is 3.07. The largest absolute Gasteiger partial charge is 0.345 e. The Morgan fingerprint density at radius 2 is 2.04 bits per heavy atom. The molecule has 0 spiro atoms. The molecule has 2 N–H and O–H groups in total. The molecular weight excluding hydrogens is 360 g/mol. The second kappa shape index (κ2) is 6.95. The van der Waals surface area contributed by atoms with Gasteiger partial charge >= 0.3 is 0 Å². The zero-order valence-corrected chi connectivity index (χ0v) is 14.9. The van der Waals surface area contributed by atoms with E-state index in [-0.39, 0.29) is 23.3 Å². The number of nitro benzene ring substituents is 1. The number of benzene rings is 2. The lowest BCUT2D eigenvalue weighted by molar-refractivity contribution is -0.383. The molecule has 4 rings (SSSR count). The number of hydrogen-bond acceptors (Lipinski definition) is 5. The van der Waals surface area contributed by atoms with E-state index in [0.29, 0.717) is 10.9 Å². The molecule has 0 bridgehead atoms. The number of amides is 1. The fourth-order valence-corrected chi connectivity index (χ4v) is 3.03. The standard InChI is InChI=1S/C19H16N6O3/c1-12(13-5-7-15(8-6-13)24-11-20-10-21-24)22-19(26)16-9-14-3-2-4-17(25(27)28)18(14)23-16/h2-12,23H,1H3,(H,22,26). The number of aromatic amines is 1. The lowest BCUT2D eigenvalue weighted by Gasteiger charge is -2.14. The molecule has 1 amide bonds. The summed E-state index contributed by atoms with van der Waals surface area (Å²) in [5.41, 5.74) is 2.33. The van der Waals surface area contributed by atoms with Gasteiger partial charge in [-0.2, -0.15) is 5.10 Å². The summed E-state index contributed by atoms with van der Waals surface area (Å²) in [6, 6.07) is 13.7. The van der Waals surface area contributed by atoms with Crippen LogP contribution in [0.4, 0.5) is 5.69 Å². The maximum absolute atomic E-state index is 12.6. The minimum atomic E-state index is -0.472. The van der Waals surface area contributed by atoms with Gasteiger partial charge < -0.3 is 10.3 Å². The normalized spacial score (nSPS) is 12.0. The third-order valence-corrected chi connectivity index (χ3v) is 4.50. The second-order valence-electron chi connectivity index (χ2n) is 6.31. The smallest absolute Gasteiger partial charge is 0.293 e. The number of hydrogen-bond donors (Lipinski definition) is 2. The van der Waals surface area contributed by atoms with Crippen molar-refractivity contribution in [3.63, 3.8) is 0 Å². The number of fused-ring (bicyclic) bond motifs is 1. The van der Waals surface area contributed by atoms with E-state index in [9.17, 15) is 14.9 Å². The molecule has 0 aliphatic carbocycles. The van der Waals surface area contributed by atoms with E-state index in [0.717, 1.165) is 11.3 Å². The highest BCUT2D eigenvalue weighted by molar-refractivity contribution is 6.00. The summed E-state index contributed by atoms with van der Waals surface area (Å²) in [4.78, 5) is 30.0. The average Bonchev–Trinajstić information content (AvgIpc) is 3.37. The van der Waals surface area contributed by atoms with Crippen molar-refractivity contribution in [1.29, 1.82) is 0 Å². The topological polar surface area (TPSA) is 119 Å². The third-order valence-electron chi connectivity index (χ3n) is 4.50. The van der Waals surface area contributed by atoms with Gasteiger partial charge in [0.1, 0.15) is 23.9 Å². The maximum atomic E-state index is 12.6. The fraction of sp³-hybridized carbons (Fsp3) is 0.105. The van der Waals surface area contributed by atoms with Gasteiger partial charge in [-0.3, -0.25) is 14.9 Å². The fourth-order valence-electron chi connectivity index (χ4n) is 3.03. The van der Waals surface area contributed by atoms with E-state index in [1.165, 1.54) is 12.4 Å². The van der Waals surface area contributed by atoms with Crippen molar-refractivity contribution < 1.29 is 9.72 Å². The molecule has 0 saturated carbocycles. The van der Waals surface area contributed by atoms with Crippen molar-refractivity contribution in [3.05, 3.63) is 82.6 Å². The van der Waals surface area contributed by atoms with Crippen LogP contribution in [-0.4, -0.2) is 30.6 Å². The van der Waals surface area contributed by atoms with Gasteiger partial charge in [0.05, 0.1) is 16.7 Å². The van der Waals surface area contributed by atoms with Crippen LogP contribution in [-0.2, 0) is 0 Å². The van der Waals surface area contributed by atoms with Gasteiger partial charge in [0, 0.05) is 11.5 Å². The number of nitrogens with zero attached hydrogens (tertiary/aromatic N) is 4. The minimum Gasteiger partial charge on any atom is -0.345 e. The SMILES string of the molecule is CC(NC(=O)c1cc2cccc([N+](=O)[O-])c2[nH]1)c1ccc(-n2cncn2)cc1. The third kappa shape index (κ3) is 3.20. The maximum Gasteiger partial charge on any atom is 0.293 e. The van der Waals surface area contributed by atoms with Gasteiger partial charge in [0.2, 0.25) is 0 Å².